The number of aryl methyl sites for hydroxylation is 1. The Bertz CT molecular complexity index is 2030. The lowest BCUT2D eigenvalue weighted by atomic mass is 10.0. The number of nitrogens with zero attached hydrogens (tertiary/aromatic N) is 6. The Kier molecular flexibility index (Phi) is 8.77. The van der Waals surface area contributed by atoms with Gasteiger partial charge in [0.1, 0.15) is 22.3 Å². The van der Waals surface area contributed by atoms with Crippen LogP contribution in [-0.2, 0) is 4.79 Å². The van der Waals surface area contributed by atoms with E-state index in [9.17, 15) is 23.6 Å². The number of piperazine rings is 1. The molecule has 238 valence electrons. The Morgan fingerprint density at radius 2 is 1.89 bits per heavy atom. The molecule has 3 aromatic heterocycles. The molecule has 0 radical (unpaired) electrons. The Morgan fingerprint density at radius 3 is 2.50 bits per heavy atom. The molecule has 1 aromatic carbocycles. The summed E-state index contributed by atoms with van der Waals surface area (Å²) in [6.07, 6.45) is 2.79. The molecule has 0 saturated carbocycles. The number of halogens is 5. The van der Waals surface area contributed by atoms with Crippen molar-refractivity contribution in [2.45, 2.75) is 39.7 Å². The average Bonchev–Trinajstić information content (AvgIpc) is 3.02. The normalized spacial score (nSPS) is 15.0. The number of amides is 1. The van der Waals surface area contributed by atoms with E-state index < -0.39 is 45.0 Å². The van der Waals surface area contributed by atoms with Crippen molar-refractivity contribution < 1.29 is 18.0 Å². The van der Waals surface area contributed by atoms with E-state index in [0.717, 1.165) is 0 Å². The van der Waals surface area contributed by atoms with Gasteiger partial charge in [0.15, 0.2) is 17.5 Å². The fraction of sp³-hybridized carbons (Fsp3) is 0.281. The van der Waals surface area contributed by atoms with Gasteiger partial charge in [-0.25, -0.2) is 18.2 Å². The molecule has 1 amide bonds. The minimum Gasteiger partial charge on any atom is -0.396 e. The topological polar surface area (TPSA) is 121 Å². The van der Waals surface area contributed by atoms with Gasteiger partial charge in [0.25, 0.3) is 5.56 Å². The van der Waals surface area contributed by atoms with Crippen molar-refractivity contribution in [3.05, 3.63) is 85.7 Å². The molecule has 4 aromatic rings. The predicted octanol–water partition coefficient (Wildman–Crippen LogP) is 6.28. The molecule has 5 rings (SSSR count). The quantitative estimate of drug-likeness (QED) is 0.115. The van der Waals surface area contributed by atoms with Gasteiger partial charge in [0.2, 0.25) is 5.91 Å². The molecule has 2 N–H and O–H groups in total. The number of carbonyl (C=O) groups excluding carboxylic acids is 1. The highest BCUT2D eigenvalue weighted by Crippen LogP contribution is 2.42. The third-order valence-electron chi connectivity index (χ3n) is 8.05. The zero-order chi connectivity index (χ0) is 33.8. The minimum atomic E-state index is -1.69. The van der Waals surface area contributed by atoms with Gasteiger partial charge in [-0.15, -0.1) is 0 Å². The number of anilines is 2. The van der Waals surface area contributed by atoms with E-state index in [2.05, 4.69) is 16.5 Å². The van der Waals surface area contributed by atoms with Crippen molar-refractivity contribution in [3.63, 3.8) is 0 Å². The van der Waals surface area contributed by atoms with Crippen molar-refractivity contribution in [3.8, 4) is 23.0 Å². The molecule has 14 heteroatoms. The molecular formula is C32H28Cl2F3N7O2. The Morgan fingerprint density at radius 1 is 1.20 bits per heavy atom. The van der Waals surface area contributed by atoms with Crippen LogP contribution in [-0.4, -0.2) is 51.0 Å². The molecular weight excluding hydrogens is 642 g/mol. The molecule has 1 saturated heterocycles. The van der Waals surface area contributed by atoms with Crippen LogP contribution < -0.4 is 16.2 Å². The molecule has 1 fully saturated rings. The zero-order valence-electron chi connectivity index (χ0n) is 25.3. The monoisotopic (exact) mass is 669 g/mol. The second kappa shape index (κ2) is 12.3. The van der Waals surface area contributed by atoms with E-state index in [1.54, 1.807) is 29.0 Å². The molecule has 9 nitrogen and oxygen atoms in total. The van der Waals surface area contributed by atoms with E-state index in [0.29, 0.717) is 16.9 Å². The largest absolute Gasteiger partial charge is 0.396 e. The highest BCUT2D eigenvalue weighted by molar-refractivity contribution is 6.34. The summed E-state index contributed by atoms with van der Waals surface area (Å²) < 4.78 is 46.1. The van der Waals surface area contributed by atoms with Gasteiger partial charge < -0.3 is 15.5 Å². The summed E-state index contributed by atoms with van der Waals surface area (Å²) in [5.41, 5.74) is 4.34. The fourth-order valence-corrected chi connectivity index (χ4v) is 6.28. The second-order valence-electron chi connectivity index (χ2n) is 11.3. The summed E-state index contributed by atoms with van der Waals surface area (Å²) in [6.45, 7) is 11.6. The number of pyridine rings is 3. The lowest BCUT2D eigenvalue weighted by Gasteiger charge is -2.41. The van der Waals surface area contributed by atoms with Crippen molar-refractivity contribution in [2.24, 2.45) is 0 Å². The van der Waals surface area contributed by atoms with Crippen LogP contribution in [0.5, 0.6) is 0 Å². The molecule has 1 atom stereocenters. The van der Waals surface area contributed by atoms with E-state index in [1.807, 2.05) is 26.8 Å². The fourth-order valence-electron chi connectivity index (χ4n) is 5.85. The molecule has 0 spiro atoms. The molecule has 4 heterocycles. The third kappa shape index (κ3) is 5.13. The van der Waals surface area contributed by atoms with Crippen molar-refractivity contribution in [2.75, 3.05) is 30.3 Å². The molecule has 0 unspecified atom stereocenters. The third-order valence-corrected chi connectivity index (χ3v) is 8.67. The number of nitriles is 1. The van der Waals surface area contributed by atoms with E-state index in [1.165, 1.54) is 16.7 Å². The van der Waals surface area contributed by atoms with Gasteiger partial charge in [0.05, 0.1) is 39.0 Å². The summed E-state index contributed by atoms with van der Waals surface area (Å²) in [4.78, 5) is 39.3. The molecule has 1 aliphatic heterocycles. The van der Waals surface area contributed by atoms with E-state index in [4.69, 9.17) is 28.9 Å². The van der Waals surface area contributed by atoms with Crippen LogP contribution in [0.3, 0.4) is 0 Å². The molecule has 1 aliphatic rings. The van der Waals surface area contributed by atoms with E-state index >= 15 is 4.39 Å². The maximum absolute atomic E-state index is 15.4. The first kappa shape index (κ1) is 32.8. The number of rotatable bonds is 5. The Hall–Kier alpha value is -4.60. The van der Waals surface area contributed by atoms with Gasteiger partial charge in [0, 0.05) is 37.3 Å². The maximum atomic E-state index is 15.4. The number of aromatic nitrogens is 3. The summed E-state index contributed by atoms with van der Waals surface area (Å²) in [5.74, 6) is -5.14. The first-order valence-electron chi connectivity index (χ1n) is 14.2. The number of hydrogen-bond donors (Lipinski definition) is 1. The van der Waals surface area contributed by atoms with Crippen molar-refractivity contribution in [1.29, 1.82) is 5.26 Å². The molecule has 46 heavy (non-hydrogen) atoms. The van der Waals surface area contributed by atoms with E-state index in [-0.39, 0.29) is 64.8 Å². The standard InChI is InChI=1S/C32H28Cl2F3N7O2/c1-6-20(45)43-10-9-42(13-16(43)5)30-17-11-19(33)28(21-23(35)24(36)22(34)25(37)26(21)39)41-31(17)44(32(46)18(30)12-38)29-15(4)7-8-40-27(29)14(2)3/h6-8,11,14,16H,1,9-10,13,39H2,2-5H3/t16-/m1/s1. The minimum absolute atomic E-state index is 0.0942. The lowest BCUT2D eigenvalue weighted by Crippen LogP contribution is -2.54. The van der Waals surface area contributed by atoms with Crippen LogP contribution in [0, 0.1) is 35.7 Å². The van der Waals surface area contributed by atoms with Crippen molar-refractivity contribution in [1.82, 2.24) is 19.4 Å². The van der Waals surface area contributed by atoms with Gasteiger partial charge in [-0.1, -0.05) is 43.6 Å². The zero-order valence-corrected chi connectivity index (χ0v) is 26.8. The summed E-state index contributed by atoms with van der Waals surface area (Å²) >= 11 is 12.3. The summed E-state index contributed by atoms with van der Waals surface area (Å²) in [7, 11) is 0. The average molecular weight is 671 g/mol. The van der Waals surface area contributed by atoms with Gasteiger partial charge in [-0.3, -0.25) is 19.1 Å². The number of nitrogens with two attached hydrogens (primary N) is 1. The number of benzene rings is 1. The van der Waals surface area contributed by atoms with Crippen LogP contribution >= 0.6 is 23.2 Å². The van der Waals surface area contributed by atoms with Gasteiger partial charge >= 0.3 is 0 Å². The first-order valence-corrected chi connectivity index (χ1v) is 15.0. The number of hydrogen-bond acceptors (Lipinski definition) is 7. The van der Waals surface area contributed by atoms with Crippen LogP contribution in [0.2, 0.25) is 10.0 Å². The SMILES string of the molecule is C=CC(=O)N1CCN(c2c(C#N)c(=O)n(-c3c(C)ccnc3C(C)C)c3nc(-c4c(N)c(F)c(Cl)c(F)c4F)c(Cl)cc23)C[C@H]1C. The predicted molar refractivity (Wildman–Crippen MR) is 172 cm³/mol. The molecule has 0 bridgehead atoms. The van der Waals surface area contributed by atoms with Gasteiger partial charge in [-0.2, -0.15) is 5.26 Å². The Balaban J connectivity index is 1.94. The highest BCUT2D eigenvalue weighted by atomic mass is 35.5. The summed E-state index contributed by atoms with van der Waals surface area (Å²) in [5, 5.41) is 9.23. The van der Waals surface area contributed by atoms with Crippen molar-refractivity contribution >= 4 is 51.5 Å². The summed E-state index contributed by atoms with van der Waals surface area (Å²) in [6, 6.07) is 4.72. The Labute approximate surface area is 272 Å². The number of carbonyl (C=O) groups is 1. The van der Waals surface area contributed by atoms with Gasteiger partial charge in [-0.05, 0) is 43.5 Å². The van der Waals surface area contributed by atoms with Crippen LogP contribution in [0.1, 0.15) is 43.5 Å². The smallest absolute Gasteiger partial charge is 0.276 e. The maximum Gasteiger partial charge on any atom is 0.276 e. The van der Waals surface area contributed by atoms with Crippen LogP contribution in [0.15, 0.2) is 35.8 Å². The number of nitrogen functional groups attached to an aromatic ring is 1. The highest BCUT2D eigenvalue weighted by Gasteiger charge is 2.33. The van der Waals surface area contributed by atoms with Crippen LogP contribution in [0.4, 0.5) is 24.5 Å². The number of fused-ring (bicyclic) bond motifs is 1. The van der Waals surface area contributed by atoms with Crippen LogP contribution in [0.25, 0.3) is 28.0 Å². The lowest BCUT2D eigenvalue weighted by molar-refractivity contribution is -0.128. The molecule has 0 aliphatic carbocycles. The second-order valence-corrected chi connectivity index (χ2v) is 12.0. The first-order chi connectivity index (χ1) is 21.7.